The Morgan fingerprint density at radius 2 is 1.79 bits per heavy atom. The van der Waals surface area contributed by atoms with E-state index >= 15 is 0 Å². The Labute approximate surface area is 176 Å². The molecule has 1 saturated heterocycles. The molecule has 1 aliphatic heterocycles. The van der Waals surface area contributed by atoms with Gasteiger partial charge in [-0.15, -0.1) is 12.4 Å². The number of nitrogens with zero attached hydrogens (tertiary/aromatic N) is 1. The number of amides is 1. The minimum absolute atomic E-state index is 0. The Morgan fingerprint density at radius 3 is 2.34 bits per heavy atom. The summed E-state index contributed by atoms with van der Waals surface area (Å²) in [6.45, 7) is 1.75. The van der Waals surface area contributed by atoms with Crippen molar-refractivity contribution in [2.24, 2.45) is 29.4 Å². The average Bonchev–Trinajstić information content (AvgIpc) is 3.01. The van der Waals surface area contributed by atoms with Gasteiger partial charge >= 0.3 is 0 Å². The van der Waals surface area contributed by atoms with Crippen LogP contribution in [0.15, 0.2) is 24.3 Å². The molecule has 0 spiro atoms. The lowest BCUT2D eigenvalue weighted by atomic mass is 9.62. The van der Waals surface area contributed by atoms with E-state index in [1.807, 2.05) is 18.2 Å². The summed E-state index contributed by atoms with van der Waals surface area (Å²) in [5.74, 6) is -3.02. The molecule has 1 aromatic rings. The monoisotopic (exact) mass is 426 g/mol. The molecule has 3 aliphatic carbocycles. The second-order valence-electron chi connectivity index (χ2n) is 9.23. The van der Waals surface area contributed by atoms with Crippen molar-refractivity contribution in [3.05, 3.63) is 35.4 Å². The van der Waals surface area contributed by atoms with Gasteiger partial charge in [-0.1, -0.05) is 18.6 Å². The highest BCUT2D eigenvalue weighted by atomic mass is 35.5. The minimum atomic E-state index is -2.41. The Morgan fingerprint density at radius 1 is 1.17 bits per heavy atom. The highest BCUT2D eigenvalue weighted by Gasteiger charge is 2.72. The van der Waals surface area contributed by atoms with Crippen LogP contribution in [0.4, 0.5) is 8.78 Å². The lowest BCUT2D eigenvalue weighted by Gasteiger charge is -2.56. The second-order valence-corrected chi connectivity index (χ2v) is 9.23. The number of alkyl halides is 2. The van der Waals surface area contributed by atoms with Crippen LogP contribution in [0, 0.1) is 23.7 Å². The highest BCUT2D eigenvalue weighted by molar-refractivity contribution is 5.92. The van der Waals surface area contributed by atoms with Crippen LogP contribution in [-0.4, -0.2) is 43.0 Å². The zero-order chi connectivity index (χ0) is 19.7. The first-order valence-corrected chi connectivity index (χ1v) is 10.4. The standard InChI is InChI=1S/C22H28F2N2O2.ClH/c1-28-21(14-5-2-4-13(8-14)20(25)27)15-6-3-7-16(21)12-26(11-15)17-9-18-19(10-17)22(18,23)24;/h2,4-5,8,15-19H,3,6-7,9-12H2,1H3,(H2,25,27);1H/t15-,16+,17?,18-,19+,21?;. The molecule has 4 aliphatic rings. The number of carbonyl (C=O) groups is 1. The molecule has 1 aromatic carbocycles. The molecular formula is C22H29ClF2N2O2. The molecule has 1 amide bonds. The third kappa shape index (κ3) is 3.02. The number of hydrogen-bond acceptors (Lipinski definition) is 3. The minimum Gasteiger partial charge on any atom is -0.373 e. The number of hydrogen-bond donors (Lipinski definition) is 1. The quantitative estimate of drug-likeness (QED) is 0.796. The molecule has 7 heteroatoms. The van der Waals surface area contributed by atoms with E-state index in [1.165, 1.54) is 0 Å². The maximum absolute atomic E-state index is 13.6. The van der Waals surface area contributed by atoms with E-state index in [-0.39, 0.29) is 18.4 Å². The molecule has 4 nitrogen and oxygen atoms in total. The van der Waals surface area contributed by atoms with Gasteiger partial charge in [0.05, 0.1) is 0 Å². The molecule has 2 unspecified atom stereocenters. The fourth-order valence-corrected chi connectivity index (χ4v) is 6.69. The molecule has 2 bridgehead atoms. The number of likely N-dealkylation sites (tertiary alicyclic amines) is 1. The summed E-state index contributed by atoms with van der Waals surface area (Å²) < 4.78 is 33.5. The Bertz CT molecular complexity index is 777. The lowest BCUT2D eigenvalue weighted by molar-refractivity contribution is -0.175. The lowest BCUT2D eigenvalue weighted by Crippen LogP contribution is -2.60. The van der Waals surface area contributed by atoms with Crippen LogP contribution < -0.4 is 5.73 Å². The zero-order valence-electron chi connectivity index (χ0n) is 16.7. The van der Waals surface area contributed by atoms with Crippen molar-refractivity contribution < 1.29 is 18.3 Å². The van der Waals surface area contributed by atoms with Gasteiger partial charge in [0.1, 0.15) is 5.60 Å². The van der Waals surface area contributed by atoms with Gasteiger partial charge in [0.2, 0.25) is 5.91 Å². The molecule has 0 radical (unpaired) electrons. The van der Waals surface area contributed by atoms with Gasteiger partial charge in [-0.05, 0) is 43.4 Å². The van der Waals surface area contributed by atoms with Gasteiger partial charge in [0.15, 0.2) is 0 Å². The van der Waals surface area contributed by atoms with Gasteiger partial charge in [0, 0.05) is 55.5 Å². The number of ether oxygens (including phenoxy) is 1. The van der Waals surface area contributed by atoms with Crippen molar-refractivity contribution in [1.29, 1.82) is 0 Å². The SMILES string of the molecule is COC1(c2cccc(C(N)=O)c2)[C@@H]2CCC[C@H]1CN(C1C[C@@H]3[C@H](C1)C3(F)F)C2.Cl. The predicted octanol–water partition coefficient (Wildman–Crippen LogP) is 3.82. The van der Waals surface area contributed by atoms with E-state index in [0.29, 0.717) is 30.2 Å². The molecule has 1 heterocycles. The maximum Gasteiger partial charge on any atom is 0.254 e. The summed E-state index contributed by atoms with van der Waals surface area (Å²) in [6, 6.07) is 7.83. The normalized spacial score (nSPS) is 40.0. The van der Waals surface area contributed by atoms with E-state index in [0.717, 1.165) is 37.9 Å². The third-order valence-electron chi connectivity index (χ3n) is 8.10. The van der Waals surface area contributed by atoms with Crippen molar-refractivity contribution in [3.63, 3.8) is 0 Å². The first-order valence-electron chi connectivity index (χ1n) is 10.4. The van der Waals surface area contributed by atoms with Crippen molar-refractivity contribution in [2.45, 2.75) is 49.7 Å². The number of carbonyl (C=O) groups excluding carboxylic acids is 1. The summed E-state index contributed by atoms with van der Waals surface area (Å²) in [7, 11) is 1.77. The molecule has 160 valence electrons. The number of halogens is 3. The van der Waals surface area contributed by atoms with Crippen LogP contribution in [-0.2, 0) is 10.3 Å². The van der Waals surface area contributed by atoms with Crippen molar-refractivity contribution >= 4 is 18.3 Å². The topological polar surface area (TPSA) is 55.6 Å². The maximum atomic E-state index is 13.6. The number of primary amides is 1. The van der Waals surface area contributed by atoms with Crippen LogP contribution in [0.5, 0.6) is 0 Å². The van der Waals surface area contributed by atoms with E-state index < -0.39 is 29.3 Å². The van der Waals surface area contributed by atoms with Crippen LogP contribution in [0.25, 0.3) is 0 Å². The van der Waals surface area contributed by atoms with Crippen LogP contribution in [0.1, 0.15) is 48.0 Å². The molecule has 2 N–H and O–H groups in total. The number of benzene rings is 1. The summed E-state index contributed by atoms with van der Waals surface area (Å²) in [6.07, 6.45) is 4.54. The second kappa shape index (κ2) is 7.17. The van der Waals surface area contributed by atoms with Crippen molar-refractivity contribution in [2.75, 3.05) is 20.2 Å². The Hall–Kier alpha value is -1.24. The first-order chi connectivity index (χ1) is 13.4. The number of piperidine rings is 1. The zero-order valence-corrected chi connectivity index (χ0v) is 17.5. The fourth-order valence-electron chi connectivity index (χ4n) is 6.69. The van der Waals surface area contributed by atoms with Crippen LogP contribution >= 0.6 is 12.4 Å². The summed E-state index contributed by atoms with van der Waals surface area (Å²) in [5.41, 5.74) is 6.62. The summed E-state index contributed by atoms with van der Waals surface area (Å²) in [5, 5.41) is 0. The molecule has 0 aromatic heterocycles. The van der Waals surface area contributed by atoms with Gasteiger partial charge in [0.25, 0.3) is 5.92 Å². The number of rotatable bonds is 4. The number of methoxy groups -OCH3 is 1. The van der Waals surface area contributed by atoms with Gasteiger partial charge in [-0.3, -0.25) is 9.69 Å². The molecule has 4 fully saturated rings. The Kier molecular flexibility index (Phi) is 5.20. The fraction of sp³-hybridized carbons (Fsp3) is 0.682. The highest BCUT2D eigenvalue weighted by Crippen LogP contribution is 2.65. The van der Waals surface area contributed by atoms with E-state index in [9.17, 15) is 13.6 Å². The van der Waals surface area contributed by atoms with Gasteiger partial charge < -0.3 is 10.5 Å². The van der Waals surface area contributed by atoms with Gasteiger partial charge in [-0.2, -0.15) is 0 Å². The van der Waals surface area contributed by atoms with Gasteiger partial charge in [-0.25, -0.2) is 8.78 Å². The largest absolute Gasteiger partial charge is 0.373 e. The number of nitrogens with two attached hydrogens (primary N) is 1. The van der Waals surface area contributed by atoms with Crippen LogP contribution in [0.3, 0.4) is 0 Å². The van der Waals surface area contributed by atoms with E-state index in [4.69, 9.17) is 10.5 Å². The number of fused-ring (bicyclic) bond motifs is 3. The predicted molar refractivity (Wildman–Crippen MR) is 108 cm³/mol. The summed E-state index contributed by atoms with van der Waals surface area (Å²) in [4.78, 5) is 14.2. The van der Waals surface area contributed by atoms with Crippen molar-refractivity contribution in [1.82, 2.24) is 4.90 Å². The van der Waals surface area contributed by atoms with Crippen LogP contribution in [0.2, 0.25) is 0 Å². The third-order valence-corrected chi connectivity index (χ3v) is 8.10. The first kappa shape index (κ1) is 21.0. The molecule has 5 rings (SSSR count). The molecule has 3 saturated carbocycles. The average molecular weight is 427 g/mol. The van der Waals surface area contributed by atoms with E-state index in [2.05, 4.69) is 4.90 Å². The summed E-state index contributed by atoms with van der Waals surface area (Å²) >= 11 is 0. The molecule has 6 atom stereocenters. The smallest absolute Gasteiger partial charge is 0.254 e. The Balaban J connectivity index is 0.00000205. The van der Waals surface area contributed by atoms with E-state index in [1.54, 1.807) is 13.2 Å². The van der Waals surface area contributed by atoms with Crippen molar-refractivity contribution in [3.8, 4) is 0 Å². The molecular weight excluding hydrogens is 398 g/mol. The molecule has 29 heavy (non-hydrogen) atoms.